The van der Waals surface area contributed by atoms with Gasteiger partial charge in [-0.25, -0.2) is 9.98 Å². The van der Waals surface area contributed by atoms with Gasteiger partial charge in [-0.15, -0.1) is 0 Å². The quantitative estimate of drug-likeness (QED) is 0.197. The van der Waals surface area contributed by atoms with E-state index in [0.29, 0.717) is 0 Å². The molecule has 1 aliphatic heterocycles. The molecular formula is C47H32N4. The second-order valence-corrected chi connectivity index (χ2v) is 13.0. The lowest BCUT2D eigenvalue weighted by molar-refractivity contribution is 0.762. The van der Waals surface area contributed by atoms with Crippen LogP contribution in [0.1, 0.15) is 22.9 Å². The van der Waals surface area contributed by atoms with Gasteiger partial charge in [-0.05, 0) is 45.5 Å². The fraction of sp³-hybridized carbons (Fsp3) is 0.0213. The van der Waals surface area contributed by atoms with E-state index < -0.39 is 6.17 Å². The Bertz CT molecular complexity index is 2780. The molecule has 0 bridgehead atoms. The van der Waals surface area contributed by atoms with E-state index in [9.17, 15) is 0 Å². The maximum absolute atomic E-state index is 5.40. The van der Waals surface area contributed by atoms with Crippen LogP contribution in [0.25, 0.3) is 60.2 Å². The molecule has 1 N–H and O–H groups in total. The Balaban J connectivity index is 1.18. The molecule has 8 aromatic carbocycles. The number of para-hydroxylation sites is 2. The monoisotopic (exact) mass is 652 g/mol. The lowest BCUT2D eigenvalue weighted by Gasteiger charge is -2.24. The lowest BCUT2D eigenvalue weighted by atomic mass is 9.94. The first-order valence-electron chi connectivity index (χ1n) is 17.4. The first kappa shape index (κ1) is 29.2. The molecule has 0 spiro atoms. The fourth-order valence-corrected chi connectivity index (χ4v) is 7.75. The zero-order valence-corrected chi connectivity index (χ0v) is 27.7. The number of hydrogen-bond acceptors (Lipinski definition) is 3. The van der Waals surface area contributed by atoms with Crippen LogP contribution in [0, 0.1) is 0 Å². The number of aromatic nitrogens is 1. The van der Waals surface area contributed by atoms with Crippen molar-refractivity contribution in [1.29, 1.82) is 0 Å². The number of aliphatic imine (C=N–C) groups is 2. The molecule has 1 aromatic heterocycles. The first-order chi connectivity index (χ1) is 25.3. The van der Waals surface area contributed by atoms with Gasteiger partial charge in [0.1, 0.15) is 11.7 Å². The number of fused-ring (bicyclic) bond motifs is 5. The molecule has 0 fully saturated rings. The van der Waals surface area contributed by atoms with Crippen LogP contribution in [0.2, 0.25) is 0 Å². The summed E-state index contributed by atoms with van der Waals surface area (Å²) in [5, 5.41) is 10.8. The Morgan fingerprint density at radius 2 is 0.863 bits per heavy atom. The summed E-state index contributed by atoms with van der Waals surface area (Å²) >= 11 is 0. The summed E-state index contributed by atoms with van der Waals surface area (Å²) in [6.45, 7) is 0. The van der Waals surface area contributed by atoms with E-state index in [1.807, 2.05) is 6.07 Å². The molecule has 51 heavy (non-hydrogen) atoms. The molecule has 0 saturated carbocycles. The van der Waals surface area contributed by atoms with Crippen LogP contribution in [0.15, 0.2) is 192 Å². The molecule has 10 rings (SSSR count). The summed E-state index contributed by atoms with van der Waals surface area (Å²) in [6, 6.07) is 64.4. The average molecular weight is 653 g/mol. The van der Waals surface area contributed by atoms with Crippen molar-refractivity contribution in [2.45, 2.75) is 6.17 Å². The number of nitrogens with one attached hydrogen (secondary N) is 1. The van der Waals surface area contributed by atoms with E-state index in [0.717, 1.165) is 50.2 Å². The molecule has 4 heteroatoms. The smallest absolute Gasteiger partial charge is 0.170 e. The number of nitrogens with zero attached hydrogens (tertiary/aromatic N) is 3. The molecule has 9 aromatic rings. The molecule has 0 radical (unpaired) electrons. The molecule has 0 amide bonds. The number of hydrogen-bond donors (Lipinski definition) is 1. The van der Waals surface area contributed by atoms with Crippen molar-refractivity contribution in [2.75, 3.05) is 0 Å². The van der Waals surface area contributed by atoms with Crippen molar-refractivity contribution in [3.8, 4) is 16.8 Å². The molecule has 2 heterocycles. The second-order valence-electron chi connectivity index (χ2n) is 13.0. The third kappa shape index (κ3) is 4.84. The van der Waals surface area contributed by atoms with E-state index in [4.69, 9.17) is 9.98 Å². The third-order valence-electron chi connectivity index (χ3n) is 10.1. The summed E-state index contributed by atoms with van der Waals surface area (Å²) in [5.74, 6) is 1.61. The molecule has 240 valence electrons. The van der Waals surface area contributed by atoms with Gasteiger partial charge in [0.2, 0.25) is 0 Å². The van der Waals surface area contributed by atoms with Crippen LogP contribution in [0.4, 0.5) is 0 Å². The highest BCUT2D eigenvalue weighted by Crippen LogP contribution is 2.39. The minimum absolute atomic E-state index is 0.457. The van der Waals surface area contributed by atoms with E-state index in [1.54, 1.807) is 0 Å². The Hall–Kier alpha value is -6.78. The van der Waals surface area contributed by atoms with E-state index >= 15 is 0 Å². The van der Waals surface area contributed by atoms with Gasteiger partial charge in [0.15, 0.2) is 6.17 Å². The summed E-state index contributed by atoms with van der Waals surface area (Å²) in [5.41, 5.74) is 9.04. The Kier molecular flexibility index (Phi) is 6.85. The summed E-state index contributed by atoms with van der Waals surface area (Å²) in [4.78, 5) is 10.7. The van der Waals surface area contributed by atoms with Gasteiger partial charge in [0, 0.05) is 32.8 Å². The Labute approximate surface area is 295 Å². The SMILES string of the molecule is c1ccc(C2=NC(c3ccc(-n4c5ccccc5c5ccccc54)c4ccccc34)N=C(c3ccc(-c4ccccc4)c4ccccc34)N2)cc1. The maximum Gasteiger partial charge on any atom is 0.170 e. The van der Waals surface area contributed by atoms with Crippen LogP contribution < -0.4 is 5.32 Å². The van der Waals surface area contributed by atoms with Crippen molar-refractivity contribution in [3.63, 3.8) is 0 Å². The van der Waals surface area contributed by atoms with Gasteiger partial charge in [0.25, 0.3) is 0 Å². The van der Waals surface area contributed by atoms with Gasteiger partial charge in [-0.3, -0.25) is 0 Å². The largest absolute Gasteiger partial charge is 0.324 e. The van der Waals surface area contributed by atoms with E-state index in [2.05, 4.69) is 186 Å². The van der Waals surface area contributed by atoms with Crippen LogP contribution >= 0.6 is 0 Å². The van der Waals surface area contributed by atoms with Crippen molar-refractivity contribution in [1.82, 2.24) is 9.88 Å². The Morgan fingerprint density at radius 1 is 0.373 bits per heavy atom. The minimum atomic E-state index is -0.457. The minimum Gasteiger partial charge on any atom is -0.324 e. The fourth-order valence-electron chi connectivity index (χ4n) is 7.75. The van der Waals surface area contributed by atoms with Crippen molar-refractivity contribution < 1.29 is 0 Å². The highest BCUT2D eigenvalue weighted by Gasteiger charge is 2.25. The topological polar surface area (TPSA) is 41.7 Å². The molecule has 1 unspecified atom stereocenters. The van der Waals surface area contributed by atoms with Crippen LogP contribution in [0.5, 0.6) is 0 Å². The second kappa shape index (κ2) is 12.0. The van der Waals surface area contributed by atoms with Crippen molar-refractivity contribution in [2.24, 2.45) is 9.98 Å². The van der Waals surface area contributed by atoms with Gasteiger partial charge in [-0.1, -0.05) is 164 Å². The molecule has 4 nitrogen and oxygen atoms in total. The molecule has 1 atom stereocenters. The average Bonchev–Trinajstić information content (AvgIpc) is 3.54. The highest BCUT2D eigenvalue weighted by atomic mass is 15.2. The van der Waals surface area contributed by atoms with Crippen molar-refractivity contribution >= 4 is 55.0 Å². The summed E-state index contributed by atoms with van der Waals surface area (Å²) < 4.78 is 2.40. The van der Waals surface area contributed by atoms with Crippen molar-refractivity contribution in [3.05, 3.63) is 199 Å². The summed E-state index contributed by atoms with van der Waals surface area (Å²) in [7, 11) is 0. The predicted molar refractivity (Wildman–Crippen MR) is 213 cm³/mol. The summed E-state index contributed by atoms with van der Waals surface area (Å²) in [6.07, 6.45) is -0.457. The number of amidine groups is 2. The highest BCUT2D eigenvalue weighted by molar-refractivity contribution is 6.21. The Morgan fingerprint density at radius 3 is 1.53 bits per heavy atom. The van der Waals surface area contributed by atoms with Crippen LogP contribution in [-0.4, -0.2) is 16.2 Å². The van der Waals surface area contributed by atoms with Crippen LogP contribution in [0.3, 0.4) is 0 Å². The molecule has 0 aliphatic carbocycles. The zero-order valence-electron chi connectivity index (χ0n) is 27.7. The number of benzene rings is 8. The molecular weight excluding hydrogens is 621 g/mol. The predicted octanol–water partition coefficient (Wildman–Crippen LogP) is 11.3. The zero-order chi connectivity index (χ0) is 33.7. The molecule has 1 aliphatic rings. The van der Waals surface area contributed by atoms with Crippen LogP contribution in [-0.2, 0) is 0 Å². The van der Waals surface area contributed by atoms with E-state index in [1.165, 1.54) is 38.3 Å². The first-order valence-corrected chi connectivity index (χ1v) is 17.4. The standard InChI is InChI=1S/C47H32N4/c1-3-15-31(16-4-1)33-27-28-40(35-20-8-7-19-34(33)35)46-48-45(32-17-5-2-6-18-32)49-47(50-46)41-29-30-44(37-22-10-9-21-36(37)41)51-42-25-13-11-23-38(42)39-24-12-14-26-43(39)51/h1-30,47H,(H,48,49,50). The normalized spacial score (nSPS) is 14.5. The van der Waals surface area contributed by atoms with E-state index in [-0.39, 0.29) is 0 Å². The maximum atomic E-state index is 5.40. The number of rotatable bonds is 5. The van der Waals surface area contributed by atoms with Gasteiger partial charge < -0.3 is 9.88 Å². The van der Waals surface area contributed by atoms with Gasteiger partial charge in [-0.2, -0.15) is 0 Å². The molecule has 0 saturated heterocycles. The lowest BCUT2D eigenvalue weighted by Crippen LogP contribution is -2.36. The van der Waals surface area contributed by atoms with Gasteiger partial charge in [0.05, 0.1) is 16.7 Å². The third-order valence-corrected chi connectivity index (χ3v) is 10.1. The van der Waals surface area contributed by atoms with Gasteiger partial charge >= 0.3 is 0 Å².